The topological polar surface area (TPSA) is 72.0 Å². The molecule has 3 rings (SSSR count). The average Bonchev–Trinajstić information content (AvgIpc) is 2.88. The van der Waals surface area contributed by atoms with E-state index in [2.05, 4.69) is 31.1 Å². The molecule has 1 aromatic carbocycles. The fraction of sp³-hybridized carbons (Fsp3) is 0. The zero-order chi connectivity index (χ0) is 14.1. The van der Waals surface area contributed by atoms with Crippen molar-refractivity contribution in [2.45, 2.75) is 0 Å². The molecule has 1 N–H and O–H groups in total. The second-order valence-corrected chi connectivity index (χ2v) is 5.33. The standard InChI is InChI=1S/C13H7BrClN3O2/c14-8-3-7(5-16-6-8)12-17-13(20-18-12)10-2-1-9(15)4-11(10)19/h1-6,19H. The maximum atomic E-state index is 9.84. The minimum atomic E-state index is -0.0138. The number of phenolic OH excluding ortho intramolecular Hbond substituents is 1. The normalized spacial score (nSPS) is 10.7. The van der Waals surface area contributed by atoms with E-state index in [-0.39, 0.29) is 11.6 Å². The zero-order valence-electron chi connectivity index (χ0n) is 9.92. The Morgan fingerprint density at radius 1 is 1.20 bits per heavy atom. The summed E-state index contributed by atoms with van der Waals surface area (Å²) in [5, 5.41) is 14.1. The Morgan fingerprint density at radius 2 is 2.05 bits per heavy atom. The molecule has 0 fully saturated rings. The summed E-state index contributed by atoms with van der Waals surface area (Å²) >= 11 is 9.11. The lowest BCUT2D eigenvalue weighted by molar-refractivity contribution is 0.425. The first-order valence-corrected chi connectivity index (χ1v) is 6.74. The molecule has 0 saturated carbocycles. The van der Waals surface area contributed by atoms with Gasteiger partial charge in [0.05, 0.1) is 5.56 Å². The smallest absolute Gasteiger partial charge is 0.262 e. The van der Waals surface area contributed by atoms with Gasteiger partial charge in [-0.25, -0.2) is 0 Å². The van der Waals surface area contributed by atoms with E-state index in [1.54, 1.807) is 24.5 Å². The van der Waals surface area contributed by atoms with Crippen LogP contribution in [0.2, 0.25) is 5.02 Å². The lowest BCUT2D eigenvalue weighted by atomic mass is 10.2. The minimum Gasteiger partial charge on any atom is -0.507 e. The molecular weight excluding hydrogens is 346 g/mol. The predicted octanol–water partition coefficient (Wildman–Crippen LogP) is 3.92. The van der Waals surface area contributed by atoms with Gasteiger partial charge in [-0.2, -0.15) is 4.98 Å². The Bertz CT molecular complexity index is 776. The van der Waals surface area contributed by atoms with Crippen LogP contribution in [0.25, 0.3) is 22.8 Å². The number of hydrogen-bond donors (Lipinski definition) is 1. The van der Waals surface area contributed by atoms with Crippen LogP contribution in [-0.2, 0) is 0 Å². The second-order valence-electron chi connectivity index (χ2n) is 3.98. The monoisotopic (exact) mass is 351 g/mol. The minimum absolute atomic E-state index is 0.0138. The maximum absolute atomic E-state index is 9.84. The number of rotatable bonds is 2. The van der Waals surface area contributed by atoms with Crippen molar-refractivity contribution in [1.82, 2.24) is 15.1 Å². The van der Waals surface area contributed by atoms with Crippen LogP contribution in [0.3, 0.4) is 0 Å². The van der Waals surface area contributed by atoms with Crippen molar-refractivity contribution in [2.75, 3.05) is 0 Å². The SMILES string of the molecule is Oc1cc(Cl)ccc1-c1nc(-c2cncc(Br)c2)no1. The number of aromatic hydroxyl groups is 1. The van der Waals surface area contributed by atoms with Crippen molar-refractivity contribution in [1.29, 1.82) is 0 Å². The molecule has 20 heavy (non-hydrogen) atoms. The molecule has 2 heterocycles. The summed E-state index contributed by atoms with van der Waals surface area (Å²) in [5.74, 6) is 0.595. The van der Waals surface area contributed by atoms with Gasteiger partial charge in [0.2, 0.25) is 5.82 Å². The molecule has 5 nitrogen and oxygen atoms in total. The molecule has 0 aliphatic rings. The van der Waals surface area contributed by atoms with Gasteiger partial charge in [0.25, 0.3) is 5.89 Å². The molecule has 0 atom stereocenters. The highest BCUT2D eigenvalue weighted by Crippen LogP contribution is 2.31. The van der Waals surface area contributed by atoms with Gasteiger partial charge in [-0.05, 0) is 40.2 Å². The summed E-state index contributed by atoms with van der Waals surface area (Å²) in [6.45, 7) is 0. The van der Waals surface area contributed by atoms with Gasteiger partial charge < -0.3 is 9.63 Å². The van der Waals surface area contributed by atoms with Crippen molar-refractivity contribution in [2.24, 2.45) is 0 Å². The largest absolute Gasteiger partial charge is 0.507 e. The molecule has 3 aromatic rings. The summed E-state index contributed by atoms with van der Waals surface area (Å²) in [4.78, 5) is 8.28. The van der Waals surface area contributed by atoms with Gasteiger partial charge in [-0.3, -0.25) is 4.98 Å². The van der Waals surface area contributed by atoms with Crippen LogP contribution in [0, 0.1) is 0 Å². The first-order chi connectivity index (χ1) is 9.63. The fourth-order valence-electron chi connectivity index (χ4n) is 1.67. The number of phenols is 1. The molecule has 0 aliphatic carbocycles. The van der Waals surface area contributed by atoms with E-state index in [4.69, 9.17) is 16.1 Å². The van der Waals surface area contributed by atoms with E-state index in [9.17, 15) is 5.11 Å². The third-order valence-corrected chi connectivity index (χ3v) is 3.25. The van der Waals surface area contributed by atoms with E-state index < -0.39 is 0 Å². The van der Waals surface area contributed by atoms with E-state index in [0.29, 0.717) is 22.0 Å². The molecule has 0 saturated heterocycles. The van der Waals surface area contributed by atoms with Crippen molar-refractivity contribution in [3.05, 3.63) is 46.2 Å². The Balaban J connectivity index is 2.02. The van der Waals surface area contributed by atoms with E-state index in [1.165, 1.54) is 6.07 Å². The van der Waals surface area contributed by atoms with Crippen LogP contribution in [-0.4, -0.2) is 20.2 Å². The van der Waals surface area contributed by atoms with Crippen molar-refractivity contribution >= 4 is 27.5 Å². The Labute approximate surface area is 127 Å². The molecule has 0 aliphatic heterocycles. The molecule has 7 heteroatoms. The lowest BCUT2D eigenvalue weighted by Gasteiger charge is -1.98. The van der Waals surface area contributed by atoms with Crippen LogP contribution >= 0.6 is 27.5 Å². The third kappa shape index (κ3) is 2.52. The summed E-state index contributed by atoms with van der Waals surface area (Å²) < 4.78 is 5.97. The molecule has 100 valence electrons. The Hall–Kier alpha value is -1.92. The van der Waals surface area contributed by atoms with Crippen molar-refractivity contribution < 1.29 is 9.63 Å². The van der Waals surface area contributed by atoms with Crippen LogP contribution < -0.4 is 0 Å². The first kappa shape index (κ1) is 13.1. The summed E-state index contributed by atoms with van der Waals surface area (Å²) in [6.07, 6.45) is 3.29. The van der Waals surface area contributed by atoms with Gasteiger partial charge in [0, 0.05) is 27.5 Å². The fourth-order valence-corrected chi connectivity index (χ4v) is 2.20. The van der Waals surface area contributed by atoms with Crippen LogP contribution in [0.15, 0.2) is 45.7 Å². The van der Waals surface area contributed by atoms with Crippen LogP contribution in [0.5, 0.6) is 5.75 Å². The van der Waals surface area contributed by atoms with Crippen molar-refractivity contribution in [3.8, 4) is 28.6 Å². The molecule has 0 bridgehead atoms. The summed E-state index contributed by atoms with van der Waals surface area (Å²) in [5.41, 5.74) is 1.14. The molecule has 0 radical (unpaired) electrons. The van der Waals surface area contributed by atoms with Gasteiger partial charge in [0.15, 0.2) is 0 Å². The zero-order valence-corrected chi connectivity index (χ0v) is 12.3. The van der Waals surface area contributed by atoms with E-state index in [1.807, 2.05) is 6.07 Å². The van der Waals surface area contributed by atoms with Crippen LogP contribution in [0.4, 0.5) is 0 Å². The maximum Gasteiger partial charge on any atom is 0.262 e. The number of nitrogens with zero attached hydrogens (tertiary/aromatic N) is 3. The van der Waals surface area contributed by atoms with Gasteiger partial charge in [0.1, 0.15) is 5.75 Å². The van der Waals surface area contributed by atoms with Gasteiger partial charge >= 0.3 is 0 Å². The highest BCUT2D eigenvalue weighted by Gasteiger charge is 2.14. The lowest BCUT2D eigenvalue weighted by Crippen LogP contribution is -1.83. The van der Waals surface area contributed by atoms with Crippen molar-refractivity contribution in [3.63, 3.8) is 0 Å². The number of halogens is 2. The Kier molecular flexibility index (Phi) is 3.42. The number of pyridine rings is 1. The van der Waals surface area contributed by atoms with E-state index >= 15 is 0 Å². The highest BCUT2D eigenvalue weighted by atomic mass is 79.9. The molecule has 0 amide bonds. The highest BCUT2D eigenvalue weighted by molar-refractivity contribution is 9.10. The number of aromatic nitrogens is 3. The number of hydrogen-bond acceptors (Lipinski definition) is 5. The van der Waals surface area contributed by atoms with E-state index in [0.717, 1.165) is 4.47 Å². The molecule has 0 unspecified atom stereocenters. The Morgan fingerprint density at radius 3 is 2.80 bits per heavy atom. The van der Waals surface area contributed by atoms with Crippen LogP contribution in [0.1, 0.15) is 0 Å². The molecular formula is C13H7BrClN3O2. The summed E-state index contributed by atoms with van der Waals surface area (Å²) in [6, 6.07) is 6.50. The third-order valence-electron chi connectivity index (χ3n) is 2.58. The predicted molar refractivity (Wildman–Crippen MR) is 77.3 cm³/mol. The molecule has 2 aromatic heterocycles. The van der Waals surface area contributed by atoms with Gasteiger partial charge in [-0.1, -0.05) is 16.8 Å². The number of benzene rings is 1. The second kappa shape index (κ2) is 5.22. The van der Waals surface area contributed by atoms with Gasteiger partial charge in [-0.15, -0.1) is 0 Å². The summed E-state index contributed by atoms with van der Waals surface area (Å²) in [7, 11) is 0. The quantitative estimate of drug-likeness (QED) is 0.757. The average molecular weight is 353 g/mol. The first-order valence-electron chi connectivity index (χ1n) is 5.57. The molecule has 0 spiro atoms.